The van der Waals surface area contributed by atoms with Crippen LogP contribution in [0.1, 0.15) is 32.8 Å². The van der Waals surface area contributed by atoms with Gasteiger partial charge < -0.3 is 15.0 Å². The highest BCUT2D eigenvalue weighted by Gasteiger charge is 2.32. The molecule has 2 amide bonds. The van der Waals surface area contributed by atoms with Gasteiger partial charge in [0.05, 0.1) is 17.7 Å². The zero-order valence-electron chi connectivity index (χ0n) is 22.2. The summed E-state index contributed by atoms with van der Waals surface area (Å²) in [4.78, 5) is 28.4. The van der Waals surface area contributed by atoms with Gasteiger partial charge in [0.2, 0.25) is 11.8 Å². The lowest BCUT2D eigenvalue weighted by Crippen LogP contribution is -2.52. The van der Waals surface area contributed by atoms with Crippen LogP contribution in [-0.2, 0) is 26.2 Å². The summed E-state index contributed by atoms with van der Waals surface area (Å²) >= 11 is 0. The van der Waals surface area contributed by atoms with Crippen molar-refractivity contribution in [3.63, 3.8) is 0 Å². The maximum absolute atomic E-state index is 13.8. The van der Waals surface area contributed by atoms with E-state index in [2.05, 4.69) is 5.32 Å². The van der Waals surface area contributed by atoms with E-state index in [0.717, 1.165) is 16.3 Å². The van der Waals surface area contributed by atoms with Gasteiger partial charge >= 0.3 is 0 Å². The van der Waals surface area contributed by atoms with Gasteiger partial charge in [-0.15, -0.1) is 0 Å². The molecule has 0 heterocycles. The molecule has 1 N–H and O–H groups in total. The number of sulfonamides is 1. The largest absolute Gasteiger partial charge is 0.497 e. The molecule has 0 saturated carbocycles. The van der Waals surface area contributed by atoms with Crippen LogP contribution < -0.4 is 14.4 Å². The molecule has 0 saturated heterocycles. The molecule has 0 aliphatic carbocycles. The molecule has 9 heteroatoms. The van der Waals surface area contributed by atoms with Crippen molar-refractivity contribution in [1.29, 1.82) is 0 Å². The zero-order chi connectivity index (χ0) is 27.7. The Morgan fingerprint density at radius 3 is 2.03 bits per heavy atom. The molecule has 0 aromatic heterocycles. The smallest absolute Gasteiger partial charge is 0.264 e. The Morgan fingerprint density at radius 2 is 1.47 bits per heavy atom. The average molecular weight is 538 g/mol. The fourth-order valence-corrected chi connectivity index (χ4v) is 5.26. The number of rotatable bonds is 12. The van der Waals surface area contributed by atoms with Crippen LogP contribution >= 0.6 is 0 Å². The number of carbonyl (C=O) groups is 2. The van der Waals surface area contributed by atoms with Gasteiger partial charge in [-0.2, -0.15) is 0 Å². The van der Waals surface area contributed by atoms with Gasteiger partial charge in [0.25, 0.3) is 10.0 Å². The quantitative estimate of drug-likeness (QED) is 0.373. The maximum Gasteiger partial charge on any atom is 0.264 e. The van der Waals surface area contributed by atoms with Crippen LogP contribution in [-0.4, -0.2) is 50.9 Å². The van der Waals surface area contributed by atoms with E-state index in [0.29, 0.717) is 11.4 Å². The second kappa shape index (κ2) is 13.1. The predicted octanol–water partition coefficient (Wildman–Crippen LogP) is 4.22. The van der Waals surface area contributed by atoms with Gasteiger partial charge in [-0.05, 0) is 62.2 Å². The van der Waals surface area contributed by atoms with E-state index in [1.807, 2.05) is 44.2 Å². The molecule has 0 spiro atoms. The average Bonchev–Trinajstić information content (AvgIpc) is 2.95. The van der Waals surface area contributed by atoms with Crippen LogP contribution in [0.15, 0.2) is 89.8 Å². The van der Waals surface area contributed by atoms with Crippen LogP contribution in [0.3, 0.4) is 0 Å². The highest BCUT2D eigenvalue weighted by atomic mass is 32.2. The molecule has 3 rings (SSSR count). The molecule has 3 aromatic rings. The Morgan fingerprint density at radius 1 is 0.895 bits per heavy atom. The number of anilines is 1. The van der Waals surface area contributed by atoms with E-state index in [-0.39, 0.29) is 23.4 Å². The number of hydrogen-bond donors (Lipinski definition) is 1. The minimum atomic E-state index is -4.10. The molecule has 202 valence electrons. The van der Waals surface area contributed by atoms with E-state index in [1.165, 1.54) is 24.1 Å². The predicted molar refractivity (Wildman–Crippen MR) is 148 cm³/mol. The molecule has 2 atom stereocenters. The first-order valence-corrected chi connectivity index (χ1v) is 14.0. The van der Waals surface area contributed by atoms with E-state index in [1.54, 1.807) is 49.4 Å². The van der Waals surface area contributed by atoms with Crippen LogP contribution in [0.4, 0.5) is 5.69 Å². The maximum atomic E-state index is 13.8. The van der Waals surface area contributed by atoms with Gasteiger partial charge in [0.1, 0.15) is 18.3 Å². The summed E-state index contributed by atoms with van der Waals surface area (Å²) in [6.07, 6.45) is 0.742. The Kier molecular flexibility index (Phi) is 9.90. The standard InChI is InChI=1S/C29H35N3O5S/c1-5-22(2)30-29(34)23(3)31(20-24-12-8-6-9-13-24)28(33)21-32(25-16-18-26(37-4)19-17-25)38(35,36)27-14-10-7-11-15-27/h6-19,22-23H,5,20-21H2,1-4H3,(H,30,34)/t22-,23+/m1/s1. The number of methoxy groups -OCH3 is 1. The van der Waals surface area contributed by atoms with Gasteiger partial charge in [0, 0.05) is 12.6 Å². The number of nitrogens with zero attached hydrogens (tertiary/aromatic N) is 2. The third-order valence-corrected chi connectivity index (χ3v) is 8.12. The number of ether oxygens (including phenoxy) is 1. The summed E-state index contributed by atoms with van der Waals surface area (Å²) in [6.45, 7) is 5.17. The molecule has 8 nitrogen and oxygen atoms in total. The number of hydrogen-bond acceptors (Lipinski definition) is 5. The Bertz CT molecular complexity index is 1300. The van der Waals surface area contributed by atoms with Gasteiger partial charge in [-0.25, -0.2) is 8.42 Å². The molecule has 38 heavy (non-hydrogen) atoms. The Labute approximate surface area is 225 Å². The lowest BCUT2D eigenvalue weighted by molar-refractivity contribution is -0.139. The molecule has 0 radical (unpaired) electrons. The van der Waals surface area contributed by atoms with Crippen molar-refractivity contribution in [3.05, 3.63) is 90.5 Å². The normalized spacial score (nSPS) is 12.7. The van der Waals surface area contributed by atoms with Gasteiger partial charge in [-0.1, -0.05) is 55.5 Å². The topological polar surface area (TPSA) is 96.0 Å². The lowest BCUT2D eigenvalue weighted by atomic mass is 10.1. The van der Waals surface area contributed by atoms with Crippen LogP contribution in [0.25, 0.3) is 0 Å². The first kappa shape index (κ1) is 28.7. The van der Waals surface area contributed by atoms with E-state index in [9.17, 15) is 18.0 Å². The van der Waals surface area contributed by atoms with E-state index < -0.39 is 28.5 Å². The number of nitrogens with one attached hydrogen (secondary N) is 1. The second-order valence-electron chi connectivity index (χ2n) is 9.02. The van der Waals surface area contributed by atoms with Crippen molar-refractivity contribution in [2.75, 3.05) is 18.0 Å². The number of amides is 2. The van der Waals surface area contributed by atoms with Gasteiger partial charge in [-0.3, -0.25) is 13.9 Å². The molecule has 0 fully saturated rings. The Hall–Kier alpha value is -3.85. The van der Waals surface area contributed by atoms with E-state index in [4.69, 9.17) is 4.74 Å². The fourth-order valence-electron chi connectivity index (χ4n) is 3.83. The van der Waals surface area contributed by atoms with Crippen LogP contribution in [0.5, 0.6) is 5.75 Å². The van der Waals surface area contributed by atoms with Crippen molar-refractivity contribution < 1.29 is 22.7 Å². The first-order valence-electron chi connectivity index (χ1n) is 12.5. The van der Waals surface area contributed by atoms with Crippen LogP contribution in [0, 0.1) is 0 Å². The monoisotopic (exact) mass is 537 g/mol. The summed E-state index contributed by atoms with van der Waals surface area (Å²) in [5.74, 6) is -0.250. The Balaban J connectivity index is 2.00. The van der Waals surface area contributed by atoms with E-state index >= 15 is 0 Å². The van der Waals surface area contributed by atoms with Crippen molar-refractivity contribution >= 4 is 27.5 Å². The minimum Gasteiger partial charge on any atom is -0.497 e. The fraction of sp³-hybridized carbons (Fsp3) is 0.310. The summed E-state index contributed by atoms with van der Waals surface area (Å²) in [7, 11) is -2.58. The summed E-state index contributed by atoms with van der Waals surface area (Å²) < 4.78 is 33.8. The van der Waals surface area contributed by atoms with Crippen molar-refractivity contribution in [2.24, 2.45) is 0 Å². The highest BCUT2D eigenvalue weighted by molar-refractivity contribution is 7.92. The van der Waals surface area contributed by atoms with Crippen molar-refractivity contribution in [3.8, 4) is 5.75 Å². The minimum absolute atomic E-state index is 0.0563. The highest BCUT2D eigenvalue weighted by Crippen LogP contribution is 2.26. The second-order valence-corrected chi connectivity index (χ2v) is 10.9. The molecule has 0 unspecified atom stereocenters. The van der Waals surface area contributed by atoms with Crippen LogP contribution in [0.2, 0.25) is 0 Å². The summed E-state index contributed by atoms with van der Waals surface area (Å²) in [5, 5.41) is 2.93. The first-order chi connectivity index (χ1) is 18.2. The zero-order valence-corrected chi connectivity index (χ0v) is 23.0. The third kappa shape index (κ3) is 7.13. The summed E-state index contributed by atoms with van der Waals surface area (Å²) in [5.41, 5.74) is 1.13. The third-order valence-electron chi connectivity index (χ3n) is 6.33. The molecule has 0 bridgehead atoms. The van der Waals surface area contributed by atoms with Gasteiger partial charge in [0.15, 0.2) is 0 Å². The molecule has 0 aliphatic rings. The summed E-state index contributed by atoms with van der Waals surface area (Å²) in [6, 6.07) is 22.8. The van der Waals surface area contributed by atoms with Crippen molar-refractivity contribution in [1.82, 2.24) is 10.2 Å². The lowest BCUT2D eigenvalue weighted by Gasteiger charge is -2.32. The SMILES string of the molecule is CC[C@@H](C)NC(=O)[C@H](C)N(Cc1ccccc1)C(=O)CN(c1ccc(OC)cc1)S(=O)(=O)c1ccccc1. The number of benzene rings is 3. The van der Waals surface area contributed by atoms with Crippen molar-refractivity contribution in [2.45, 2.75) is 50.7 Å². The number of carbonyl (C=O) groups excluding carboxylic acids is 2. The molecule has 3 aromatic carbocycles. The molecule has 0 aliphatic heterocycles. The molecular formula is C29H35N3O5S. The molecular weight excluding hydrogens is 502 g/mol.